The van der Waals surface area contributed by atoms with Gasteiger partial charge in [0.25, 0.3) is 5.91 Å². The number of furan rings is 1. The summed E-state index contributed by atoms with van der Waals surface area (Å²) in [6.45, 7) is 2.59. The number of hydrogen-bond donors (Lipinski definition) is 1. The number of ether oxygens (including phenoxy) is 1. The van der Waals surface area contributed by atoms with Crippen LogP contribution in [-0.4, -0.2) is 20.7 Å². The van der Waals surface area contributed by atoms with E-state index >= 15 is 0 Å². The average Bonchev–Trinajstić information content (AvgIpc) is 3.39. The van der Waals surface area contributed by atoms with E-state index in [4.69, 9.17) is 20.8 Å². The number of nitrogens with one attached hydrogen (secondary N) is 1. The summed E-state index contributed by atoms with van der Waals surface area (Å²) in [6.07, 6.45) is 1.54. The normalized spacial score (nSPS) is 10.8. The van der Waals surface area contributed by atoms with Crippen molar-refractivity contribution in [1.82, 2.24) is 14.8 Å². The summed E-state index contributed by atoms with van der Waals surface area (Å²) in [4.78, 5) is 16.5. The number of rotatable bonds is 7. The molecule has 158 valence electrons. The van der Waals surface area contributed by atoms with Gasteiger partial charge in [-0.1, -0.05) is 41.4 Å². The summed E-state index contributed by atoms with van der Waals surface area (Å²) in [5.74, 6) is 0.0312. The molecular weight excluding hydrogens is 423 g/mol. The van der Waals surface area contributed by atoms with Gasteiger partial charge in [0.05, 0.1) is 11.6 Å². The van der Waals surface area contributed by atoms with Crippen LogP contribution < -0.4 is 10.1 Å². The summed E-state index contributed by atoms with van der Waals surface area (Å²) in [7, 11) is 0. The summed E-state index contributed by atoms with van der Waals surface area (Å²) in [5, 5.41) is 7.00. The Morgan fingerprint density at radius 3 is 2.77 bits per heavy atom. The van der Waals surface area contributed by atoms with Crippen molar-refractivity contribution in [3.63, 3.8) is 0 Å². The van der Waals surface area contributed by atoms with Crippen LogP contribution >= 0.6 is 11.6 Å². The Kier molecular flexibility index (Phi) is 5.99. The van der Waals surface area contributed by atoms with Gasteiger partial charge < -0.3 is 9.15 Å². The van der Waals surface area contributed by atoms with Gasteiger partial charge in [0.1, 0.15) is 30.3 Å². The number of halogens is 2. The summed E-state index contributed by atoms with van der Waals surface area (Å²) in [6, 6.07) is 15.0. The second-order valence-electron chi connectivity index (χ2n) is 6.83. The van der Waals surface area contributed by atoms with Crippen molar-refractivity contribution in [2.75, 3.05) is 5.32 Å². The molecule has 2 aromatic carbocycles. The van der Waals surface area contributed by atoms with Gasteiger partial charge in [0.2, 0.25) is 5.95 Å². The van der Waals surface area contributed by atoms with Crippen LogP contribution in [-0.2, 0) is 13.2 Å². The third-order valence-electron chi connectivity index (χ3n) is 4.38. The van der Waals surface area contributed by atoms with Gasteiger partial charge in [-0.2, -0.15) is 0 Å². The predicted molar refractivity (Wildman–Crippen MR) is 113 cm³/mol. The van der Waals surface area contributed by atoms with Crippen LogP contribution in [0.25, 0.3) is 0 Å². The van der Waals surface area contributed by atoms with Crippen LogP contribution in [0.4, 0.5) is 10.3 Å². The Morgan fingerprint density at radius 2 is 2.00 bits per heavy atom. The highest BCUT2D eigenvalue weighted by Crippen LogP contribution is 2.26. The average molecular weight is 441 g/mol. The molecule has 0 fully saturated rings. The lowest BCUT2D eigenvalue weighted by atomic mass is 10.1. The van der Waals surface area contributed by atoms with E-state index in [1.807, 2.05) is 31.2 Å². The predicted octanol–water partition coefficient (Wildman–Crippen LogP) is 4.85. The van der Waals surface area contributed by atoms with Gasteiger partial charge in [0.15, 0.2) is 5.76 Å². The molecule has 4 aromatic rings. The van der Waals surface area contributed by atoms with Gasteiger partial charge in [0, 0.05) is 0 Å². The van der Waals surface area contributed by atoms with Crippen LogP contribution in [0.5, 0.6) is 5.75 Å². The number of anilines is 1. The monoisotopic (exact) mass is 440 g/mol. The zero-order valence-electron chi connectivity index (χ0n) is 16.5. The molecule has 2 heterocycles. The van der Waals surface area contributed by atoms with Gasteiger partial charge in [-0.3, -0.25) is 10.1 Å². The van der Waals surface area contributed by atoms with Crippen molar-refractivity contribution in [1.29, 1.82) is 0 Å². The van der Waals surface area contributed by atoms with E-state index in [0.29, 0.717) is 18.1 Å². The second-order valence-corrected chi connectivity index (χ2v) is 7.24. The van der Waals surface area contributed by atoms with Crippen molar-refractivity contribution in [3.8, 4) is 5.75 Å². The maximum Gasteiger partial charge on any atom is 0.293 e. The molecule has 1 N–H and O–H groups in total. The Bertz CT molecular complexity index is 1200. The van der Waals surface area contributed by atoms with Crippen LogP contribution in [0.2, 0.25) is 5.02 Å². The number of carbonyl (C=O) groups excluding carboxylic acids is 1. The molecule has 7 nitrogen and oxygen atoms in total. The Morgan fingerprint density at radius 1 is 1.19 bits per heavy atom. The van der Waals surface area contributed by atoms with E-state index in [1.165, 1.54) is 23.8 Å². The fraction of sp³-hybridized carbons (Fsp3) is 0.136. The van der Waals surface area contributed by atoms with Crippen LogP contribution in [0.3, 0.4) is 0 Å². The highest BCUT2D eigenvalue weighted by atomic mass is 35.5. The number of nitrogens with zero attached hydrogens (tertiary/aromatic N) is 3. The van der Waals surface area contributed by atoms with E-state index in [9.17, 15) is 9.18 Å². The fourth-order valence-corrected chi connectivity index (χ4v) is 3.01. The zero-order valence-corrected chi connectivity index (χ0v) is 17.3. The first-order valence-electron chi connectivity index (χ1n) is 9.39. The van der Waals surface area contributed by atoms with Crippen molar-refractivity contribution >= 4 is 23.5 Å². The van der Waals surface area contributed by atoms with Gasteiger partial charge in [-0.25, -0.2) is 14.1 Å². The third kappa shape index (κ3) is 5.29. The maximum absolute atomic E-state index is 13.1. The molecule has 31 heavy (non-hydrogen) atoms. The van der Waals surface area contributed by atoms with E-state index in [2.05, 4.69) is 15.4 Å². The van der Waals surface area contributed by atoms with E-state index in [0.717, 1.165) is 11.6 Å². The molecule has 0 saturated heterocycles. The number of aryl methyl sites for hydroxylation is 1. The lowest BCUT2D eigenvalue weighted by Crippen LogP contribution is -2.12. The highest BCUT2D eigenvalue weighted by Gasteiger charge is 2.14. The fourth-order valence-electron chi connectivity index (χ4n) is 2.79. The lowest BCUT2D eigenvalue weighted by Gasteiger charge is -2.06. The number of aromatic nitrogens is 3. The first-order valence-corrected chi connectivity index (χ1v) is 9.77. The minimum Gasteiger partial charge on any atom is -0.484 e. The molecule has 4 rings (SSSR count). The quantitative estimate of drug-likeness (QED) is 0.444. The summed E-state index contributed by atoms with van der Waals surface area (Å²) < 4.78 is 25.7. The highest BCUT2D eigenvalue weighted by molar-refractivity contribution is 6.32. The minimum absolute atomic E-state index is 0.0298. The first-order chi connectivity index (χ1) is 15.0. The second kappa shape index (κ2) is 9.01. The summed E-state index contributed by atoms with van der Waals surface area (Å²) in [5.41, 5.74) is 2.25. The molecule has 0 aliphatic heterocycles. The van der Waals surface area contributed by atoms with Crippen LogP contribution in [0.15, 0.2) is 65.3 Å². The Labute approximate surface area is 182 Å². The van der Waals surface area contributed by atoms with Crippen molar-refractivity contribution < 1.29 is 18.3 Å². The van der Waals surface area contributed by atoms with Crippen LogP contribution in [0, 0.1) is 12.7 Å². The Hall–Kier alpha value is -3.65. The lowest BCUT2D eigenvalue weighted by molar-refractivity contribution is 0.0991. The third-order valence-corrected chi connectivity index (χ3v) is 4.67. The van der Waals surface area contributed by atoms with Gasteiger partial charge >= 0.3 is 0 Å². The number of hydrogen-bond acceptors (Lipinski definition) is 5. The molecule has 2 aromatic heterocycles. The maximum atomic E-state index is 13.1. The van der Waals surface area contributed by atoms with E-state index in [1.54, 1.807) is 17.1 Å². The number of benzene rings is 2. The molecular formula is C22H18ClFN4O3. The molecule has 0 radical (unpaired) electrons. The van der Waals surface area contributed by atoms with Gasteiger partial charge in [-0.15, -0.1) is 5.10 Å². The van der Waals surface area contributed by atoms with E-state index in [-0.39, 0.29) is 23.3 Å². The van der Waals surface area contributed by atoms with Crippen molar-refractivity contribution in [2.45, 2.75) is 20.1 Å². The number of carbonyl (C=O) groups is 1. The molecule has 1 amide bonds. The molecule has 0 saturated carbocycles. The van der Waals surface area contributed by atoms with Crippen LogP contribution in [0.1, 0.15) is 27.4 Å². The topological polar surface area (TPSA) is 82.2 Å². The molecule has 0 aliphatic carbocycles. The first kappa shape index (κ1) is 20.6. The van der Waals surface area contributed by atoms with E-state index < -0.39 is 11.7 Å². The molecule has 0 bridgehead atoms. The smallest absolute Gasteiger partial charge is 0.293 e. The van der Waals surface area contributed by atoms with Crippen molar-refractivity contribution in [3.05, 3.63) is 94.4 Å². The zero-order chi connectivity index (χ0) is 21.8. The minimum atomic E-state index is -0.487. The summed E-state index contributed by atoms with van der Waals surface area (Å²) >= 11 is 5.93. The molecule has 0 atom stereocenters. The Balaban J connectivity index is 1.33. The van der Waals surface area contributed by atoms with Gasteiger partial charge in [-0.05, 0) is 42.8 Å². The molecule has 9 heteroatoms. The van der Waals surface area contributed by atoms with Crippen molar-refractivity contribution in [2.24, 2.45) is 0 Å². The molecule has 0 unspecified atom stereocenters. The SMILES string of the molecule is Cc1ccc(Cn2cnc(NC(=O)c3ccc(COc4ccc(F)cc4Cl)o3)n2)cc1. The largest absolute Gasteiger partial charge is 0.484 e. The molecule has 0 aliphatic rings. The molecule has 0 spiro atoms. The standard InChI is InChI=1S/C22H18ClFN4O3/c1-14-2-4-15(5-3-14)11-28-13-25-22(27-28)26-21(29)20-9-7-17(31-20)12-30-19-8-6-16(24)10-18(19)23/h2-10,13H,11-12H2,1H3,(H,26,27,29). The number of amides is 1.